The number of aromatic nitrogens is 3. The number of carbonyl (C=O) groups excluding carboxylic acids is 1. The molecule has 32 heavy (non-hydrogen) atoms. The number of ether oxygens (including phenoxy) is 1. The molecule has 0 aliphatic carbocycles. The first-order valence-electron chi connectivity index (χ1n) is 11.1. The molecule has 0 saturated heterocycles. The summed E-state index contributed by atoms with van der Waals surface area (Å²) in [4.78, 5) is 22.8. The van der Waals surface area contributed by atoms with Crippen molar-refractivity contribution in [3.63, 3.8) is 0 Å². The number of imidazole rings is 1. The van der Waals surface area contributed by atoms with E-state index in [1.807, 2.05) is 68.6 Å². The van der Waals surface area contributed by atoms with Crippen LogP contribution >= 0.6 is 0 Å². The molecule has 168 valence electrons. The first kappa shape index (κ1) is 21.7. The third-order valence-electron chi connectivity index (χ3n) is 5.62. The average molecular weight is 433 g/mol. The summed E-state index contributed by atoms with van der Waals surface area (Å²) in [6, 6.07) is 14.4. The Hall–Kier alpha value is -3.54. The molecule has 2 aromatic heterocycles. The molecule has 5 rings (SSSR count). The van der Waals surface area contributed by atoms with Gasteiger partial charge < -0.3 is 19.2 Å². The van der Waals surface area contributed by atoms with E-state index in [0.29, 0.717) is 25.4 Å². The van der Waals surface area contributed by atoms with E-state index >= 15 is 0 Å². The van der Waals surface area contributed by atoms with E-state index in [9.17, 15) is 4.79 Å². The molecule has 1 amide bonds. The fraction of sp³-hybridized carbons (Fsp3) is 0.308. The number of aromatic amines is 1. The maximum Gasteiger partial charge on any atom is 0.270 e. The Bertz CT molecular complexity index is 1270. The topological polar surface area (TPSA) is 63.2 Å². The lowest BCUT2D eigenvalue weighted by atomic mass is 10.0. The summed E-state index contributed by atoms with van der Waals surface area (Å²) in [5, 5.41) is 0. The number of nitrogens with one attached hydrogen (secondary N) is 1. The predicted molar refractivity (Wildman–Crippen MR) is 130 cm³/mol. The number of rotatable bonds is 2. The first-order chi connectivity index (χ1) is 15.5. The molecule has 4 aromatic rings. The molecule has 1 aliphatic heterocycles. The number of fused-ring (bicyclic) bond motifs is 2. The van der Waals surface area contributed by atoms with Gasteiger partial charge in [-0.05, 0) is 60.9 Å². The van der Waals surface area contributed by atoms with Crippen LogP contribution in [0.1, 0.15) is 42.7 Å². The molecule has 0 spiro atoms. The van der Waals surface area contributed by atoms with E-state index < -0.39 is 0 Å². The third-order valence-corrected chi connectivity index (χ3v) is 5.62. The molecule has 2 aromatic carbocycles. The van der Waals surface area contributed by atoms with Gasteiger partial charge >= 0.3 is 0 Å². The summed E-state index contributed by atoms with van der Waals surface area (Å²) in [5.41, 5.74) is 6.98. The number of hydrogen-bond acceptors (Lipinski definition) is 3. The zero-order valence-corrected chi connectivity index (χ0v) is 19.4. The Morgan fingerprint density at radius 3 is 2.59 bits per heavy atom. The Labute approximate surface area is 190 Å². The molecule has 0 bridgehead atoms. The second-order valence-electron chi connectivity index (χ2n) is 7.97. The van der Waals surface area contributed by atoms with Gasteiger partial charge in [0.25, 0.3) is 5.91 Å². The predicted octanol–water partition coefficient (Wildman–Crippen LogP) is 5.49. The van der Waals surface area contributed by atoms with E-state index in [2.05, 4.69) is 34.2 Å². The molecule has 0 saturated carbocycles. The monoisotopic (exact) mass is 432 g/mol. The van der Waals surface area contributed by atoms with E-state index in [1.54, 1.807) is 0 Å². The minimum Gasteiger partial charge on any atom is -0.491 e. The summed E-state index contributed by atoms with van der Waals surface area (Å²) in [6.07, 6.45) is 1.97. The molecule has 6 nitrogen and oxygen atoms in total. The van der Waals surface area contributed by atoms with Crippen LogP contribution < -0.4 is 4.74 Å². The van der Waals surface area contributed by atoms with Gasteiger partial charge in [-0.25, -0.2) is 4.98 Å². The molecule has 0 fully saturated rings. The number of benzene rings is 2. The molecule has 0 unspecified atom stereocenters. The lowest BCUT2D eigenvalue weighted by Gasteiger charge is -2.20. The molecule has 0 radical (unpaired) electrons. The number of hydrogen-bond donors (Lipinski definition) is 1. The summed E-state index contributed by atoms with van der Waals surface area (Å²) in [5.74, 6) is 1.78. The third kappa shape index (κ3) is 4.13. The van der Waals surface area contributed by atoms with Gasteiger partial charge in [0, 0.05) is 26.8 Å². The highest BCUT2D eigenvalue weighted by Crippen LogP contribution is 2.31. The van der Waals surface area contributed by atoms with Crippen molar-refractivity contribution in [2.75, 3.05) is 13.2 Å². The van der Waals surface area contributed by atoms with Crippen molar-refractivity contribution < 1.29 is 11.0 Å². The van der Waals surface area contributed by atoms with Gasteiger partial charge in [0.15, 0.2) is 0 Å². The van der Waals surface area contributed by atoms with Gasteiger partial charge in [-0.2, -0.15) is 0 Å². The van der Waals surface area contributed by atoms with Crippen molar-refractivity contribution in [3.05, 3.63) is 71.3 Å². The van der Waals surface area contributed by atoms with Gasteiger partial charge in [-0.3, -0.25) is 4.79 Å². The van der Waals surface area contributed by atoms with Gasteiger partial charge in [0.1, 0.15) is 23.9 Å². The second kappa shape index (κ2) is 8.91. The van der Waals surface area contributed by atoms with Crippen LogP contribution in [-0.4, -0.2) is 38.5 Å². The smallest absolute Gasteiger partial charge is 0.270 e. The van der Waals surface area contributed by atoms with Crippen LogP contribution in [-0.2, 0) is 13.6 Å². The van der Waals surface area contributed by atoms with E-state index in [-0.39, 0.29) is 7.33 Å². The first-order valence-corrected chi connectivity index (χ1v) is 11.1. The summed E-state index contributed by atoms with van der Waals surface area (Å²) < 4.78 is 7.84. The molecule has 1 N–H and O–H groups in total. The second-order valence-corrected chi connectivity index (χ2v) is 7.97. The maximum absolute atomic E-state index is 13.1. The van der Waals surface area contributed by atoms with Crippen molar-refractivity contribution in [1.82, 2.24) is 19.4 Å². The van der Waals surface area contributed by atoms with E-state index in [4.69, 9.17) is 4.74 Å². The van der Waals surface area contributed by atoms with Gasteiger partial charge in [0.05, 0.1) is 17.6 Å². The van der Waals surface area contributed by atoms with Crippen molar-refractivity contribution in [2.24, 2.45) is 7.05 Å². The Balaban J connectivity index is 0.000000994. The lowest BCUT2D eigenvalue weighted by molar-refractivity contribution is 0.0723. The number of aryl methyl sites for hydroxylation is 3. The number of H-pyrrole nitrogens is 1. The van der Waals surface area contributed by atoms with Gasteiger partial charge in [-0.15, -0.1) is 0 Å². The van der Waals surface area contributed by atoms with Gasteiger partial charge in [0.2, 0.25) is 0 Å². The van der Waals surface area contributed by atoms with Crippen molar-refractivity contribution in [3.8, 4) is 16.9 Å². The van der Waals surface area contributed by atoms with Crippen LogP contribution in [0.25, 0.3) is 22.2 Å². The summed E-state index contributed by atoms with van der Waals surface area (Å²) in [7, 11) is 1.91. The number of carbonyl (C=O) groups is 1. The Morgan fingerprint density at radius 2 is 1.84 bits per heavy atom. The lowest BCUT2D eigenvalue weighted by Crippen LogP contribution is -2.33. The Kier molecular flexibility index (Phi) is 6.04. The SMILES string of the molecule is CC.Cc1cc(C(=O)N2CCOc3ccc(-c4ccc5nc(C)[nH]c5c4)cc3C2)n(C)c1.[HH]. The van der Waals surface area contributed by atoms with Crippen LogP contribution in [0, 0.1) is 13.8 Å². The molecule has 3 heterocycles. The quantitative estimate of drug-likeness (QED) is 0.455. The highest BCUT2D eigenvalue weighted by Gasteiger charge is 2.23. The molecular weight excluding hydrogens is 400 g/mol. The highest BCUT2D eigenvalue weighted by molar-refractivity contribution is 5.93. The number of nitrogens with zero attached hydrogens (tertiary/aromatic N) is 3. The maximum atomic E-state index is 13.1. The van der Waals surface area contributed by atoms with Crippen molar-refractivity contribution in [1.29, 1.82) is 0 Å². The fourth-order valence-electron chi connectivity index (χ4n) is 4.17. The van der Waals surface area contributed by atoms with Crippen LogP contribution in [0.2, 0.25) is 0 Å². The van der Waals surface area contributed by atoms with Crippen molar-refractivity contribution in [2.45, 2.75) is 34.2 Å². The summed E-state index contributed by atoms with van der Waals surface area (Å²) in [6.45, 7) is 9.53. The molecule has 0 atom stereocenters. The molecule has 1 aliphatic rings. The number of amides is 1. The van der Waals surface area contributed by atoms with Crippen LogP contribution in [0.5, 0.6) is 5.75 Å². The molecule has 6 heteroatoms. The van der Waals surface area contributed by atoms with E-state index in [0.717, 1.165) is 44.9 Å². The minimum absolute atomic E-state index is 0. The van der Waals surface area contributed by atoms with Crippen molar-refractivity contribution >= 4 is 16.9 Å². The van der Waals surface area contributed by atoms with E-state index in [1.165, 1.54) is 0 Å². The average Bonchev–Trinajstić information content (AvgIpc) is 3.25. The largest absolute Gasteiger partial charge is 0.491 e. The molecular formula is C26H32N4O2. The minimum atomic E-state index is 0. The fourth-order valence-corrected chi connectivity index (χ4v) is 4.17. The van der Waals surface area contributed by atoms with Crippen LogP contribution in [0.4, 0.5) is 0 Å². The van der Waals surface area contributed by atoms with Crippen LogP contribution in [0.15, 0.2) is 48.7 Å². The Morgan fingerprint density at radius 1 is 1.09 bits per heavy atom. The summed E-state index contributed by atoms with van der Waals surface area (Å²) >= 11 is 0. The zero-order chi connectivity index (χ0) is 22.8. The van der Waals surface area contributed by atoms with Crippen LogP contribution in [0.3, 0.4) is 0 Å². The standard InChI is InChI=1S/C24H24N4O2.C2H6.H2/c1-15-10-22(27(3)13-15)24(29)28-8-9-30-23-7-5-17(11-19(23)14-28)18-4-6-20-21(12-18)26-16(2)25-20;1-2;/h4-7,10-13H,8-9,14H2,1-3H3,(H,25,26);1-2H3;1H. The highest BCUT2D eigenvalue weighted by atomic mass is 16.5. The zero-order valence-electron chi connectivity index (χ0n) is 19.4. The normalized spacial score (nSPS) is 13.1. The van der Waals surface area contributed by atoms with Gasteiger partial charge in [-0.1, -0.05) is 26.0 Å².